The zero-order valence-corrected chi connectivity index (χ0v) is 11.9. The maximum atomic E-state index is 11.5. The summed E-state index contributed by atoms with van der Waals surface area (Å²) >= 11 is 0. The van der Waals surface area contributed by atoms with Crippen LogP contribution in [0.3, 0.4) is 0 Å². The van der Waals surface area contributed by atoms with Gasteiger partial charge < -0.3 is 10.1 Å². The molecular formula is C12H14N6O4. The number of H-pyrrole nitrogens is 1. The summed E-state index contributed by atoms with van der Waals surface area (Å²) in [5.41, 5.74) is -0.153. The normalized spacial score (nSPS) is 11.7. The summed E-state index contributed by atoms with van der Waals surface area (Å²) in [5.74, 6) is -0.292. The van der Waals surface area contributed by atoms with Crippen molar-refractivity contribution in [2.45, 2.75) is 19.9 Å². The molecule has 2 heterocycles. The van der Waals surface area contributed by atoms with Crippen LogP contribution in [-0.2, 0) is 4.74 Å². The van der Waals surface area contributed by atoms with Gasteiger partial charge in [-0.15, -0.1) is 5.10 Å². The first-order valence-electron chi connectivity index (χ1n) is 6.48. The summed E-state index contributed by atoms with van der Waals surface area (Å²) in [6.45, 7) is 3.60. The van der Waals surface area contributed by atoms with Gasteiger partial charge in [0.25, 0.3) is 5.82 Å². The van der Waals surface area contributed by atoms with E-state index in [4.69, 9.17) is 4.74 Å². The average Bonchev–Trinajstić information content (AvgIpc) is 2.98. The van der Waals surface area contributed by atoms with Crippen LogP contribution in [0.5, 0.6) is 0 Å². The van der Waals surface area contributed by atoms with Gasteiger partial charge in [-0.05, 0) is 19.9 Å². The fourth-order valence-corrected chi connectivity index (χ4v) is 1.68. The van der Waals surface area contributed by atoms with Gasteiger partial charge in [0.2, 0.25) is 5.82 Å². The van der Waals surface area contributed by atoms with Gasteiger partial charge in [-0.1, -0.05) is 0 Å². The van der Waals surface area contributed by atoms with E-state index in [9.17, 15) is 14.9 Å². The molecule has 0 saturated heterocycles. The molecule has 0 saturated carbocycles. The van der Waals surface area contributed by atoms with Gasteiger partial charge in [-0.25, -0.2) is 14.8 Å². The number of hydrogen-bond donors (Lipinski definition) is 2. The molecule has 116 valence electrons. The Morgan fingerprint density at radius 3 is 3.05 bits per heavy atom. The second kappa shape index (κ2) is 6.61. The molecule has 22 heavy (non-hydrogen) atoms. The van der Waals surface area contributed by atoms with Crippen LogP contribution in [0.4, 0.5) is 11.5 Å². The molecule has 0 aromatic carbocycles. The average molecular weight is 306 g/mol. The molecule has 2 N–H and O–H groups in total. The SMILES string of the molecule is CCOC(=O)c1n[nH]c(C(C)Nc2ncccc2[N+](=O)[O-])n1. The van der Waals surface area contributed by atoms with Crippen molar-refractivity contribution in [3.05, 3.63) is 40.1 Å². The number of rotatable bonds is 6. The molecule has 2 aromatic heterocycles. The Balaban J connectivity index is 2.15. The molecular weight excluding hydrogens is 292 g/mol. The van der Waals surface area contributed by atoms with Crippen LogP contribution in [0.1, 0.15) is 36.3 Å². The van der Waals surface area contributed by atoms with E-state index in [0.717, 1.165) is 0 Å². The summed E-state index contributed by atoms with van der Waals surface area (Å²) in [4.78, 5) is 29.8. The van der Waals surface area contributed by atoms with Crippen molar-refractivity contribution < 1.29 is 14.5 Å². The molecule has 1 unspecified atom stereocenters. The van der Waals surface area contributed by atoms with E-state index in [-0.39, 0.29) is 23.9 Å². The van der Waals surface area contributed by atoms with E-state index in [0.29, 0.717) is 5.82 Å². The Morgan fingerprint density at radius 2 is 2.36 bits per heavy atom. The molecule has 10 heteroatoms. The number of carbonyl (C=O) groups is 1. The minimum absolute atomic E-state index is 0.0963. The topological polar surface area (TPSA) is 136 Å². The number of nitrogens with one attached hydrogen (secondary N) is 2. The predicted octanol–water partition coefficient (Wildman–Crippen LogP) is 1.46. The molecule has 0 bridgehead atoms. The number of nitro groups is 1. The minimum atomic E-state index is -0.638. The number of ether oxygens (including phenoxy) is 1. The van der Waals surface area contributed by atoms with Crippen molar-refractivity contribution in [3.63, 3.8) is 0 Å². The lowest BCUT2D eigenvalue weighted by Crippen LogP contribution is -2.12. The van der Waals surface area contributed by atoms with Crippen LogP contribution in [0.2, 0.25) is 0 Å². The number of anilines is 1. The minimum Gasteiger partial charge on any atom is -0.460 e. The highest BCUT2D eigenvalue weighted by Crippen LogP contribution is 2.24. The number of esters is 1. The predicted molar refractivity (Wildman–Crippen MR) is 75.3 cm³/mol. The van der Waals surface area contributed by atoms with Crippen molar-refractivity contribution in [2.24, 2.45) is 0 Å². The third kappa shape index (κ3) is 3.34. The lowest BCUT2D eigenvalue weighted by Gasteiger charge is -2.11. The standard InChI is InChI=1S/C12H14N6O4/c1-3-22-12(19)11-15-9(16-17-11)7(2)14-10-8(18(20)21)5-4-6-13-10/h4-7H,3H2,1-2H3,(H,13,14)(H,15,16,17). The first-order valence-corrected chi connectivity index (χ1v) is 6.48. The molecule has 2 aromatic rings. The summed E-state index contributed by atoms with van der Waals surface area (Å²) in [5, 5.41) is 20.1. The van der Waals surface area contributed by atoms with Gasteiger partial charge in [0.05, 0.1) is 17.6 Å². The van der Waals surface area contributed by atoms with Crippen LogP contribution in [0.15, 0.2) is 18.3 Å². The molecule has 0 radical (unpaired) electrons. The van der Waals surface area contributed by atoms with Crippen LogP contribution in [-0.4, -0.2) is 37.7 Å². The lowest BCUT2D eigenvalue weighted by atomic mass is 10.3. The Morgan fingerprint density at radius 1 is 1.59 bits per heavy atom. The highest BCUT2D eigenvalue weighted by Gasteiger charge is 2.20. The Labute approximate surface area is 125 Å². The summed E-state index contributed by atoms with van der Waals surface area (Å²) < 4.78 is 4.78. The molecule has 0 aliphatic carbocycles. The molecule has 0 aliphatic heterocycles. The molecule has 0 fully saturated rings. The van der Waals surface area contributed by atoms with Gasteiger partial charge in [-0.2, -0.15) is 0 Å². The van der Waals surface area contributed by atoms with Gasteiger partial charge >= 0.3 is 11.7 Å². The van der Waals surface area contributed by atoms with E-state index in [1.807, 2.05) is 0 Å². The molecule has 1 atom stereocenters. The monoisotopic (exact) mass is 306 g/mol. The van der Waals surface area contributed by atoms with E-state index < -0.39 is 16.9 Å². The van der Waals surface area contributed by atoms with Crippen molar-refractivity contribution >= 4 is 17.5 Å². The highest BCUT2D eigenvalue weighted by atomic mass is 16.6. The number of hydrogen-bond acceptors (Lipinski definition) is 8. The van der Waals surface area contributed by atoms with E-state index in [2.05, 4.69) is 25.5 Å². The highest BCUT2D eigenvalue weighted by molar-refractivity contribution is 5.84. The summed E-state index contributed by atoms with van der Waals surface area (Å²) in [6.07, 6.45) is 1.44. The van der Waals surface area contributed by atoms with Crippen molar-refractivity contribution in [2.75, 3.05) is 11.9 Å². The van der Waals surface area contributed by atoms with Gasteiger partial charge in [0, 0.05) is 12.3 Å². The number of nitrogens with zero attached hydrogens (tertiary/aromatic N) is 4. The van der Waals surface area contributed by atoms with Crippen LogP contribution in [0, 0.1) is 10.1 Å². The Kier molecular flexibility index (Phi) is 4.61. The van der Waals surface area contributed by atoms with Gasteiger partial charge in [0.1, 0.15) is 5.82 Å². The Hall–Kier alpha value is -3.04. The molecule has 0 spiro atoms. The van der Waals surface area contributed by atoms with Crippen LogP contribution < -0.4 is 5.32 Å². The zero-order valence-electron chi connectivity index (χ0n) is 11.9. The third-order valence-electron chi connectivity index (χ3n) is 2.71. The molecule has 2 rings (SSSR count). The fraction of sp³-hybridized carbons (Fsp3) is 0.333. The molecule has 0 aliphatic rings. The third-order valence-corrected chi connectivity index (χ3v) is 2.71. The number of carbonyl (C=O) groups excluding carboxylic acids is 1. The van der Waals surface area contributed by atoms with Gasteiger partial charge in [0.15, 0.2) is 0 Å². The maximum Gasteiger partial charge on any atom is 0.378 e. The largest absolute Gasteiger partial charge is 0.460 e. The quantitative estimate of drug-likeness (QED) is 0.465. The summed E-state index contributed by atoms with van der Waals surface area (Å²) in [6, 6.07) is 2.35. The zero-order chi connectivity index (χ0) is 16.1. The fourth-order valence-electron chi connectivity index (χ4n) is 1.68. The number of aromatic amines is 1. The van der Waals surface area contributed by atoms with Crippen LogP contribution in [0.25, 0.3) is 0 Å². The second-order valence-corrected chi connectivity index (χ2v) is 4.26. The Bertz CT molecular complexity index is 686. The first-order chi connectivity index (χ1) is 10.5. The number of aromatic nitrogens is 4. The molecule has 0 amide bonds. The van der Waals surface area contributed by atoms with Gasteiger partial charge in [-0.3, -0.25) is 15.2 Å². The smallest absolute Gasteiger partial charge is 0.378 e. The van der Waals surface area contributed by atoms with Crippen LogP contribution >= 0.6 is 0 Å². The first kappa shape index (κ1) is 15.4. The second-order valence-electron chi connectivity index (χ2n) is 4.26. The van der Waals surface area contributed by atoms with Crippen molar-refractivity contribution in [1.29, 1.82) is 0 Å². The van der Waals surface area contributed by atoms with Crippen molar-refractivity contribution in [3.8, 4) is 0 Å². The maximum absolute atomic E-state index is 11.5. The summed E-state index contributed by atoms with van der Waals surface area (Å²) in [7, 11) is 0. The van der Waals surface area contributed by atoms with Crippen molar-refractivity contribution in [1.82, 2.24) is 20.2 Å². The molecule has 10 nitrogen and oxygen atoms in total. The van der Waals surface area contributed by atoms with E-state index >= 15 is 0 Å². The number of pyridine rings is 1. The van der Waals surface area contributed by atoms with E-state index in [1.165, 1.54) is 18.3 Å². The lowest BCUT2D eigenvalue weighted by molar-refractivity contribution is -0.384. The van der Waals surface area contributed by atoms with E-state index in [1.54, 1.807) is 13.8 Å².